The molecule has 1 aromatic rings. The van der Waals surface area contributed by atoms with Gasteiger partial charge in [0.1, 0.15) is 0 Å². The molecule has 0 heterocycles. The third-order valence-corrected chi connectivity index (χ3v) is 2.57. The minimum atomic E-state index is -0.508. The second-order valence-electron chi connectivity index (χ2n) is 4.41. The van der Waals surface area contributed by atoms with E-state index >= 15 is 0 Å². The monoisotopic (exact) mass is 300 g/mol. The summed E-state index contributed by atoms with van der Waals surface area (Å²) in [6.07, 6.45) is 1.98. The Bertz CT molecular complexity index is 429. The normalized spacial score (nSPS) is 11.2. The lowest BCUT2D eigenvalue weighted by Gasteiger charge is -2.06. The van der Waals surface area contributed by atoms with Gasteiger partial charge in [-0.3, -0.25) is 10.1 Å². The fourth-order valence-corrected chi connectivity index (χ4v) is 1.48. The largest absolute Gasteiger partial charge is 0.397 e. The number of anilines is 2. The maximum atomic E-state index is 10.4. The van der Waals surface area contributed by atoms with Crippen LogP contribution in [-0.2, 0) is 0 Å². The SMILES string of the molecule is CCCC(N)CO.Nc1cc([N+](=O)[O-])ccc1NCCO. The van der Waals surface area contributed by atoms with E-state index in [-0.39, 0.29) is 24.9 Å². The molecule has 0 amide bonds. The Morgan fingerprint density at radius 1 is 1.43 bits per heavy atom. The number of nitro benzene ring substituents is 1. The molecule has 0 aliphatic rings. The standard InChI is InChI=1S/C8H11N3O3.C5H13NO/c9-7-5-6(11(13)14)1-2-8(7)10-3-4-12;1-2-3-5(6)4-7/h1-2,5,10,12H,3-4,9H2;5,7H,2-4,6H2,1H3. The van der Waals surface area contributed by atoms with Crippen LogP contribution in [-0.4, -0.2) is 40.9 Å². The Kier molecular flexibility index (Phi) is 9.86. The predicted octanol–water partition coefficient (Wildman–Crippen LogP) is 0.687. The fourth-order valence-electron chi connectivity index (χ4n) is 1.48. The molecular formula is C13H24N4O4. The summed E-state index contributed by atoms with van der Waals surface area (Å²) in [4.78, 5) is 9.86. The second kappa shape index (κ2) is 10.8. The van der Waals surface area contributed by atoms with Gasteiger partial charge >= 0.3 is 0 Å². The molecule has 1 aromatic carbocycles. The minimum Gasteiger partial charge on any atom is -0.397 e. The van der Waals surface area contributed by atoms with Crippen LogP contribution in [0.4, 0.5) is 17.1 Å². The van der Waals surface area contributed by atoms with Crippen LogP contribution in [0, 0.1) is 10.1 Å². The van der Waals surface area contributed by atoms with Gasteiger partial charge < -0.3 is 27.0 Å². The Morgan fingerprint density at radius 2 is 2.10 bits per heavy atom. The number of aliphatic hydroxyl groups is 2. The lowest BCUT2D eigenvalue weighted by atomic mass is 10.2. The van der Waals surface area contributed by atoms with Crippen LogP contribution in [0.3, 0.4) is 0 Å². The zero-order valence-corrected chi connectivity index (χ0v) is 12.2. The summed E-state index contributed by atoms with van der Waals surface area (Å²) in [5.41, 5.74) is 11.7. The van der Waals surface area contributed by atoms with Crippen molar-refractivity contribution < 1.29 is 15.1 Å². The van der Waals surface area contributed by atoms with Crippen LogP contribution in [0.15, 0.2) is 18.2 Å². The lowest BCUT2D eigenvalue weighted by molar-refractivity contribution is -0.384. The molecule has 0 bridgehead atoms. The van der Waals surface area contributed by atoms with Gasteiger partial charge in [0, 0.05) is 24.7 Å². The van der Waals surface area contributed by atoms with E-state index in [2.05, 4.69) is 12.2 Å². The van der Waals surface area contributed by atoms with Gasteiger partial charge in [-0.2, -0.15) is 0 Å². The number of nitrogens with two attached hydrogens (primary N) is 2. The van der Waals surface area contributed by atoms with Gasteiger partial charge in [0.05, 0.1) is 29.5 Å². The van der Waals surface area contributed by atoms with Crippen molar-refractivity contribution in [2.24, 2.45) is 5.73 Å². The summed E-state index contributed by atoms with van der Waals surface area (Å²) < 4.78 is 0. The maximum Gasteiger partial charge on any atom is 0.271 e. The van der Waals surface area contributed by atoms with Crippen LogP contribution in [0.2, 0.25) is 0 Å². The number of rotatable bonds is 7. The van der Waals surface area contributed by atoms with Crippen molar-refractivity contribution in [2.45, 2.75) is 25.8 Å². The number of nitrogens with one attached hydrogen (secondary N) is 1. The molecule has 0 spiro atoms. The first-order valence-electron chi connectivity index (χ1n) is 6.71. The molecule has 120 valence electrons. The Balaban J connectivity index is 0.000000486. The molecule has 0 aromatic heterocycles. The number of hydrogen-bond acceptors (Lipinski definition) is 7. The van der Waals surface area contributed by atoms with Crippen molar-refractivity contribution in [3.05, 3.63) is 28.3 Å². The van der Waals surface area contributed by atoms with Crippen molar-refractivity contribution >= 4 is 17.1 Å². The average molecular weight is 300 g/mol. The topological polar surface area (TPSA) is 148 Å². The van der Waals surface area contributed by atoms with E-state index < -0.39 is 4.92 Å². The number of benzene rings is 1. The van der Waals surface area contributed by atoms with Crippen molar-refractivity contribution in [3.8, 4) is 0 Å². The molecule has 1 atom stereocenters. The van der Waals surface area contributed by atoms with Crippen molar-refractivity contribution in [1.29, 1.82) is 0 Å². The first kappa shape index (κ1) is 19.1. The Labute approximate surface area is 123 Å². The van der Waals surface area contributed by atoms with E-state index in [4.69, 9.17) is 21.7 Å². The van der Waals surface area contributed by atoms with E-state index in [0.717, 1.165) is 12.8 Å². The number of nitro groups is 1. The van der Waals surface area contributed by atoms with Gasteiger partial charge in [-0.05, 0) is 12.5 Å². The number of aliphatic hydroxyl groups excluding tert-OH is 2. The zero-order valence-electron chi connectivity index (χ0n) is 12.2. The summed E-state index contributed by atoms with van der Waals surface area (Å²) in [5.74, 6) is 0. The van der Waals surface area contributed by atoms with Crippen molar-refractivity contribution in [2.75, 3.05) is 30.8 Å². The highest BCUT2D eigenvalue weighted by molar-refractivity contribution is 5.69. The average Bonchev–Trinajstić information content (AvgIpc) is 2.46. The lowest BCUT2D eigenvalue weighted by Crippen LogP contribution is -2.23. The number of non-ortho nitro benzene ring substituents is 1. The summed E-state index contributed by atoms with van der Waals surface area (Å²) in [7, 11) is 0. The minimum absolute atomic E-state index is 0.00463. The third kappa shape index (κ3) is 8.08. The quantitative estimate of drug-likeness (QED) is 0.282. The molecule has 8 nitrogen and oxygen atoms in total. The Morgan fingerprint density at radius 3 is 2.48 bits per heavy atom. The Hall–Kier alpha value is -1.90. The molecule has 8 heteroatoms. The number of nitrogens with zero attached hydrogens (tertiary/aromatic N) is 1. The molecule has 0 aliphatic carbocycles. The first-order chi connectivity index (χ1) is 9.96. The first-order valence-corrected chi connectivity index (χ1v) is 6.71. The molecule has 0 aliphatic heterocycles. The summed E-state index contributed by atoms with van der Waals surface area (Å²) in [6.45, 7) is 2.52. The molecule has 0 saturated carbocycles. The van der Waals surface area contributed by atoms with Gasteiger partial charge in [0.2, 0.25) is 0 Å². The zero-order chi connectivity index (χ0) is 16.3. The smallest absolute Gasteiger partial charge is 0.271 e. The number of hydrogen-bond donors (Lipinski definition) is 5. The summed E-state index contributed by atoms with van der Waals surface area (Å²) in [5, 5.41) is 30.1. The van der Waals surface area contributed by atoms with Crippen LogP contribution in [0.25, 0.3) is 0 Å². The van der Waals surface area contributed by atoms with E-state index in [1.54, 1.807) is 0 Å². The molecule has 0 radical (unpaired) electrons. The van der Waals surface area contributed by atoms with Crippen molar-refractivity contribution in [3.63, 3.8) is 0 Å². The molecule has 0 saturated heterocycles. The highest BCUT2D eigenvalue weighted by atomic mass is 16.6. The van der Waals surface area contributed by atoms with E-state index in [0.29, 0.717) is 17.9 Å². The summed E-state index contributed by atoms with van der Waals surface area (Å²) >= 11 is 0. The third-order valence-electron chi connectivity index (χ3n) is 2.57. The van der Waals surface area contributed by atoms with Gasteiger partial charge in [-0.15, -0.1) is 0 Å². The predicted molar refractivity (Wildman–Crippen MR) is 83.1 cm³/mol. The highest BCUT2D eigenvalue weighted by Crippen LogP contribution is 2.23. The molecule has 7 N–H and O–H groups in total. The van der Waals surface area contributed by atoms with Crippen LogP contribution in [0.5, 0.6) is 0 Å². The van der Waals surface area contributed by atoms with Crippen LogP contribution in [0.1, 0.15) is 19.8 Å². The maximum absolute atomic E-state index is 10.4. The highest BCUT2D eigenvalue weighted by Gasteiger charge is 2.07. The molecule has 1 unspecified atom stereocenters. The van der Waals surface area contributed by atoms with E-state index in [1.807, 2.05) is 0 Å². The van der Waals surface area contributed by atoms with Crippen LogP contribution >= 0.6 is 0 Å². The fraction of sp³-hybridized carbons (Fsp3) is 0.538. The summed E-state index contributed by atoms with van der Waals surface area (Å²) in [6, 6.07) is 4.16. The molecule has 0 fully saturated rings. The van der Waals surface area contributed by atoms with Crippen molar-refractivity contribution in [1.82, 2.24) is 0 Å². The molecule has 1 rings (SSSR count). The molecular weight excluding hydrogens is 276 g/mol. The second-order valence-corrected chi connectivity index (χ2v) is 4.41. The van der Waals surface area contributed by atoms with Crippen LogP contribution < -0.4 is 16.8 Å². The van der Waals surface area contributed by atoms with E-state index in [9.17, 15) is 10.1 Å². The molecule has 21 heavy (non-hydrogen) atoms. The van der Waals surface area contributed by atoms with Gasteiger partial charge in [-0.1, -0.05) is 13.3 Å². The van der Waals surface area contributed by atoms with E-state index in [1.165, 1.54) is 18.2 Å². The van der Waals surface area contributed by atoms with Gasteiger partial charge in [0.25, 0.3) is 5.69 Å². The number of nitrogen functional groups attached to an aromatic ring is 1. The van der Waals surface area contributed by atoms with Gasteiger partial charge in [0.15, 0.2) is 0 Å². The van der Waals surface area contributed by atoms with Gasteiger partial charge in [-0.25, -0.2) is 0 Å².